The summed E-state index contributed by atoms with van der Waals surface area (Å²) in [6.45, 7) is 4.23. The van der Waals surface area contributed by atoms with Gasteiger partial charge >= 0.3 is 0 Å². The molecule has 0 aliphatic carbocycles. The van der Waals surface area contributed by atoms with E-state index in [1.54, 1.807) is 0 Å². The molecule has 2 heterocycles. The lowest BCUT2D eigenvalue weighted by atomic mass is 10.1. The topological polar surface area (TPSA) is 64.0 Å². The van der Waals surface area contributed by atoms with Crippen molar-refractivity contribution in [1.29, 1.82) is 0 Å². The number of benzene rings is 2. The molecule has 0 saturated carbocycles. The molecule has 0 fully saturated rings. The maximum absolute atomic E-state index is 12.7. The number of carbonyl (C=O) groups excluding carboxylic acids is 1. The molecule has 5 nitrogen and oxygen atoms in total. The molecule has 136 valence electrons. The lowest BCUT2D eigenvalue weighted by molar-refractivity contribution is -0.116. The third-order valence-electron chi connectivity index (χ3n) is 4.80. The Kier molecular flexibility index (Phi) is 4.49. The van der Waals surface area contributed by atoms with Gasteiger partial charge in [0.1, 0.15) is 4.83 Å². The van der Waals surface area contributed by atoms with Crippen LogP contribution in [0, 0.1) is 13.8 Å². The van der Waals surface area contributed by atoms with Crippen LogP contribution in [-0.4, -0.2) is 15.5 Å². The fourth-order valence-corrected chi connectivity index (χ4v) is 4.19. The lowest BCUT2D eigenvalue weighted by Gasteiger charge is -2.09. The van der Waals surface area contributed by atoms with Gasteiger partial charge in [-0.3, -0.25) is 14.2 Å². The highest BCUT2D eigenvalue weighted by atomic mass is 32.1. The first kappa shape index (κ1) is 17.4. The van der Waals surface area contributed by atoms with Crippen molar-refractivity contribution in [2.45, 2.75) is 26.8 Å². The van der Waals surface area contributed by atoms with Crippen molar-refractivity contribution in [3.05, 3.63) is 69.6 Å². The van der Waals surface area contributed by atoms with Crippen LogP contribution in [0.2, 0.25) is 0 Å². The first-order valence-corrected chi connectivity index (χ1v) is 9.59. The molecule has 1 amide bonds. The fraction of sp³-hybridized carbons (Fsp3) is 0.190. The Morgan fingerprint density at radius 2 is 1.93 bits per heavy atom. The maximum atomic E-state index is 12.7. The van der Waals surface area contributed by atoms with Crippen molar-refractivity contribution >= 4 is 43.9 Å². The predicted octanol–water partition coefficient (Wildman–Crippen LogP) is 4.26. The summed E-state index contributed by atoms with van der Waals surface area (Å²) < 4.78 is 1.52. The van der Waals surface area contributed by atoms with E-state index >= 15 is 0 Å². The van der Waals surface area contributed by atoms with Crippen molar-refractivity contribution in [3.63, 3.8) is 0 Å². The molecule has 0 spiro atoms. The van der Waals surface area contributed by atoms with E-state index in [0.29, 0.717) is 11.9 Å². The molecule has 2 aromatic carbocycles. The Labute approximate surface area is 160 Å². The zero-order valence-corrected chi connectivity index (χ0v) is 16.0. The molecule has 0 atom stereocenters. The van der Waals surface area contributed by atoms with Crippen molar-refractivity contribution < 1.29 is 4.79 Å². The summed E-state index contributed by atoms with van der Waals surface area (Å²) in [6, 6.07) is 13.7. The number of carbonyl (C=O) groups is 1. The van der Waals surface area contributed by atoms with Gasteiger partial charge in [0.25, 0.3) is 5.56 Å². The molecule has 1 N–H and O–H groups in total. The number of amides is 1. The van der Waals surface area contributed by atoms with Gasteiger partial charge in [-0.1, -0.05) is 36.4 Å². The van der Waals surface area contributed by atoms with Gasteiger partial charge in [-0.2, -0.15) is 0 Å². The zero-order valence-electron chi connectivity index (χ0n) is 15.2. The minimum atomic E-state index is -0.128. The molecule has 2 aromatic heterocycles. The predicted molar refractivity (Wildman–Crippen MR) is 111 cm³/mol. The maximum Gasteiger partial charge on any atom is 0.262 e. The Morgan fingerprint density at radius 3 is 2.78 bits per heavy atom. The Hall–Kier alpha value is -2.99. The van der Waals surface area contributed by atoms with Crippen LogP contribution in [0.25, 0.3) is 21.0 Å². The number of nitrogens with zero attached hydrogens (tertiary/aromatic N) is 2. The number of nitrogens with one attached hydrogen (secondary N) is 1. The first-order chi connectivity index (χ1) is 13.0. The normalized spacial score (nSPS) is 11.2. The summed E-state index contributed by atoms with van der Waals surface area (Å²) in [5, 5.41) is 5.69. The summed E-state index contributed by atoms with van der Waals surface area (Å²) in [5.74, 6) is -0.128. The van der Waals surface area contributed by atoms with E-state index in [0.717, 1.165) is 31.7 Å². The summed E-state index contributed by atoms with van der Waals surface area (Å²) >= 11 is 1.53. The van der Waals surface area contributed by atoms with Crippen LogP contribution in [0.1, 0.15) is 16.9 Å². The minimum absolute atomic E-state index is 0.0835. The van der Waals surface area contributed by atoms with Gasteiger partial charge in [-0.15, -0.1) is 11.3 Å². The van der Waals surface area contributed by atoms with Crippen LogP contribution in [0.4, 0.5) is 5.69 Å². The van der Waals surface area contributed by atoms with Gasteiger partial charge in [-0.05, 0) is 30.9 Å². The number of thiophene rings is 1. The number of fused-ring (bicyclic) bond motifs is 2. The molecule has 0 aliphatic heterocycles. The lowest BCUT2D eigenvalue weighted by Crippen LogP contribution is -2.23. The number of anilines is 1. The average molecular weight is 377 g/mol. The largest absolute Gasteiger partial charge is 0.325 e. The third-order valence-corrected chi connectivity index (χ3v) is 5.91. The van der Waals surface area contributed by atoms with E-state index in [1.165, 1.54) is 22.2 Å². The molecule has 0 radical (unpaired) electrons. The monoisotopic (exact) mass is 377 g/mol. The third kappa shape index (κ3) is 3.24. The summed E-state index contributed by atoms with van der Waals surface area (Å²) in [7, 11) is 0. The molecule has 4 rings (SSSR count). The zero-order chi connectivity index (χ0) is 19.0. The van der Waals surface area contributed by atoms with Crippen molar-refractivity contribution in [2.75, 3.05) is 5.32 Å². The second kappa shape index (κ2) is 6.96. The molecular formula is C21H19N3O2S. The standard InChI is InChI=1S/C21H19N3O2S/c1-13-14(2)27-20-19(13)21(26)24(12-22-20)11-10-18(25)23-17-9-5-7-15-6-3-4-8-16(15)17/h3-9,12H,10-11H2,1-2H3,(H,23,25). The summed E-state index contributed by atoms with van der Waals surface area (Å²) in [6.07, 6.45) is 1.74. The second-order valence-corrected chi connectivity index (χ2v) is 7.73. The van der Waals surface area contributed by atoms with Crippen LogP contribution in [0.15, 0.2) is 53.6 Å². The number of hydrogen-bond acceptors (Lipinski definition) is 4. The van der Waals surface area contributed by atoms with Crippen molar-refractivity contribution in [2.24, 2.45) is 0 Å². The molecule has 4 aromatic rings. The van der Waals surface area contributed by atoms with Gasteiger partial charge < -0.3 is 5.32 Å². The smallest absolute Gasteiger partial charge is 0.262 e. The quantitative estimate of drug-likeness (QED) is 0.578. The van der Waals surface area contributed by atoms with Crippen LogP contribution in [-0.2, 0) is 11.3 Å². The summed E-state index contributed by atoms with van der Waals surface area (Å²) in [5.41, 5.74) is 1.67. The molecule has 27 heavy (non-hydrogen) atoms. The molecule has 0 bridgehead atoms. The van der Waals surface area contributed by atoms with E-state index in [2.05, 4.69) is 10.3 Å². The molecule has 0 aliphatic rings. The molecule has 6 heteroatoms. The number of hydrogen-bond donors (Lipinski definition) is 1. The Balaban J connectivity index is 1.53. The fourth-order valence-electron chi connectivity index (χ4n) is 3.20. The van der Waals surface area contributed by atoms with Gasteiger partial charge in [0.2, 0.25) is 5.91 Å². The van der Waals surface area contributed by atoms with E-state index in [4.69, 9.17) is 0 Å². The highest BCUT2D eigenvalue weighted by Gasteiger charge is 2.13. The van der Waals surface area contributed by atoms with E-state index < -0.39 is 0 Å². The second-order valence-electron chi connectivity index (χ2n) is 6.53. The first-order valence-electron chi connectivity index (χ1n) is 8.77. The van der Waals surface area contributed by atoms with Gasteiger partial charge in [0.05, 0.1) is 11.7 Å². The number of aryl methyl sites for hydroxylation is 3. The van der Waals surface area contributed by atoms with E-state index in [-0.39, 0.29) is 17.9 Å². The van der Waals surface area contributed by atoms with E-state index in [1.807, 2.05) is 56.3 Å². The highest BCUT2D eigenvalue weighted by Crippen LogP contribution is 2.25. The highest BCUT2D eigenvalue weighted by molar-refractivity contribution is 7.18. The van der Waals surface area contributed by atoms with Crippen LogP contribution in [0.5, 0.6) is 0 Å². The van der Waals surface area contributed by atoms with Gasteiger partial charge in [0.15, 0.2) is 0 Å². The molecule has 0 unspecified atom stereocenters. The Morgan fingerprint density at radius 1 is 1.15 bits per heavy atom. The number of rotatable bonds is 4. The van der Waals surface area contributed by atoms with Crippen molar-refractivity contribution in [1.82, 2.24) is 9.55 Å². The Bertz CT molecular complexity index is 1220. The summed E-state index contributed by atoms with van der Waals surface area (Å²) in [4.78, 5) is 31.4. The average Bonchev–Trinajstić information content (AvgIpc) is 2.96. The van der Waals surface area contributed by atoms with E-state index in [9.17, 15) is 9.59 Å². The van der Waals surface area contributed by atoms with Gasteiger partial charge in [-0.25, -0.2) is 4.98 Å². The van der Waals surface area contributed by atoms with Crippen molar-refractivity contribution in [3.8, 4) is 0 Å². The minimum Gasteiger partial charge on any atom is -0.325 e. The van der Waals surface area contributed by atoms with Crippen LogP contribution >= 0.6 is 11.3 Å². The molecular weight excluding hydrogens is 358 g/mol. The number of aromatic nitrogens is 2. The SMILES string of the molecule is Cc1sc2ncn(CCC(=O)Nc3cccc4ccccc34)c(=O)c2c1C. The van der Waals surface area contributed by atoms with Crippen LogP contribution < -0.4 is 10.9 Å². The van der Waals surface area contributed by atoms with Crippen LogP contribution in [0.3, 0.4) is 0 Å². The molecule has 0 saturated heterocycles. The van der Waals surface area contributed by atoms with Gasteiger partial charge in [0, 0.05) is 28.9 Å².